The van der Waals surface area contributed by atoms with Gasteiger partial charge in [-0.15, -0.1) is 11.3 Å². The number of hydrogen-bond acceptors (Lipinski definition) is 5. The number of benzene rings is 1. The number of ether oxygens (including phenoxy) is 2. The van der Waals surface area contributed by atoms with Gasteiger partial charge >= 0.3 is 5.97 Å². The lowest BCUT2D eigenvalue weighted by molar-refractivity contribution is -0.118. The van der Waals surface area contributed by atoms with Gasteiger partial charge in [0.05, 0.1) is 12.2 Å². The molecule has 0 fully saturated rings. The molecule has 1 amide bonds. The summed E-state index contributed by atoms with van der Waals surface area (Å²) in [5.74, 6) is -0.0962. The van der Waals surface area contributed by atoms with E-state index in [1.54, 1.807) is 19.1 Å². The Kier molecular flexibility index (Phi) is 6.37. The minimum atomic E-state index is -0.405. The Bertz CT molecular complexity index is 709. The SMILES string of the molecule is CCOC(=O)c1c(NC(=O)COc2ccccc2)sc(C)c1CC. The van der Waals surface area contributed by atoms with E-state index in [9.17, 15) is 9.59 Å². The minimum absolute atomic E-state index is 0.120. The van der Waals surface area contributed by atoms with Crippen LogP contribution in [0, 0.1) is 6.92 Å². The number of para-hydroxylation sites is 1. The number of aryl methyl sites for hydroxylation is 1. The third kappa shape index (κ3) is 4.35. The Labute approximate surface area is 145 Å². The lowest BCUT2D eigenvalue weighted by atomic mass is 10.1. The first-order chi connectivity index (χ1) is 11.6. The first-order valence-corrected chi connectivity index (χ1v) is 8.65. The molecule has 0 radical (unpaired) electrons. The molecule has 0 saturated carbocycles. The second-order valence-corrected chi connectivity index (χ2v) is 6.29. The molecule has 1 aromatic carbocycles. The van der Waals surface area contributed by atoms with Gasteiger partial charge in [0.25, 0.3) is 5.91 Å². The van der Waals surface area contributed by atoms with Crippen LogP contribution in [0.3, 0.4) is 0 Å². The summed E-state index contributed by atoms with van der Waals surface area (Å²) in [5, 5.41) is 3.29. The van der Waals surface area contributed by atoms with Crippen molar-refractivity contribution in [1.29, 1.82) is 0 Å². The van der Waals surface area contributed by atoms with Gasteiger partial charge in [-0.05, 0) is 38.0 Å². The molecule has 2 aromatic rings. The molecule has 0 aliphatic rings. The molecule has 1 N–H and O–H groups in total. The van der Waals surface area contributed by atoms with Gasteiger partial charge in [0.1, 0.15) is 10.8 Å². The number of esters is 1. The van der Waals surface area contributed by atoms with E-state index in [1.165, 1.54) is 11.3 Å². The van der Waals surface area contributed by atoms with Crippen LogP contribution in [0.5, 0.6) is 5.75 Å². The predicted octanol–water partition coefficient (Wildman–Crippen LogP) is 3.81. The van der Waals surface area contributed by atoms with Crippen LogP contribution < -0.4 is 10.1 Å². The maximum absolute atomic E-state index is 12.2. The first-order valence-electron chi connectivity index (χ1n) is 7.83. The molecule has 128 valence electrons. The molecule has 5 nitrogen and oxygen atoms in total. The van der Waals surface area contributed by atoms with Gasteiger partial charge in [0, 0.05) is 4.88 Å². The van der Waals surface area contributed by atoms with E-state index < -0.39 is 5.97 Å². The van der Waals surface area contributed by atoms with Crippen molar-refractivity contribution in [2.45, 2.75) is 27.2 Å². The molecular weight excluding hydrogens is 326 g/mol. The van der Waals surface area contributed by atoms with Gasteiger partial charge in [-0.25, -0.2) is 4.79 Å². The molecule has 0 aliphatic heterocycles. The van der Waals surface area contributed by atoms with E-state index in [4.69, 9.17) is 9.47 Å². The normalized spacial score (nSPS) is 10.3. The van der Waals surface area contributed by atoms with Crippen LogP contribution in [0.25, 0.3) is 0 Å². The fourth-order valence-corrected chi connectivity index (χ4v) is 3.49. The number of nitrogens with one attached hydrogen (secondary N) is 1. The molecule has 0 atom stereocenters. The minimum Gasteiger partial charge on any atom is -0.484 e. The number of amides is 1. The lowest BCUT2D eigenvalue weighted by Gasteiger charge is -2.09. The molecule has 1 heterocycles. The van der Waals surface area contributed by atoms with Crippen LogP contribution in [-0.4, -0.2) is 25.1 Å². The molecule has 0 bridgehead atoms. The van der Waals surface area contributed by atoms with E-state index in [1.807, 2.05) is 32.0 Å². The Hall–Kier alpha value is -2.34. The standard InChI is InChI=1S/C18H21NO4S/c1-4-14-12(3)24-17(16(14)18(21)22-5-2)19-15(20)11-23-13-9-7-6-8-10-13/h6-10H,4-5,11H2,1-3H3,(H,19,20). The average Bonchev–Trinajstić information content (AvgIpc) is 2.89. The number of carbonyl (C=O) groups excluding carboxylic acids is 2. The van der Waals surface area contributed by atoms with Crippen molar-refractivity contribution >= 4 is 28.2 Å². The first kappa shape index (κ1) is 18.0. The van der Waals surface area contributed by atoms with E-state index in [-0.39, 0.29) is 12.5 Å². The zero-order valence-corrected chi connectivity index (χ0v) is 14.9. The molecule has 24 heavy (non-hydrogen) atoms. The van der Waals surface area contributed by atoms with Crippen LogP contribution in [0.2, 0.25) is 0 Å². The third-order valence-corrected chi connectivity index (χ3v) is 4.47. The monoisotopic (exact) mass is 347 g/mol. The van der Waals surface area contributed by atoms with E-state index in [2.05, 4.69) is 5.32 Å². The topological polar surface area (TPSA) is 64.6 Å². The highest BCUT2D eigenvalue weighted by Crippen LogP contribution is 2.34. The molecule has 2 rings (SSSR count). The molecule has 6 heteroatoms. The molecule has 1 aromatic heterocycles. The van der Waals surface area contributed by atoms with Gasteiger partial charge < -0.3 is 14.8 Å². The van der Waals surface area contributed by atoms with Crippen LogP contribution in [0.1, 0.15) is 34.6 Å². The number of thiophene rings is 1. The largest absolute Gasteiger partial charge is 0.484 e. The summed E-state index contributed by atoms with van der Waals surface area (Å²) in [4.78, 5) is 25.4. The van der Waals surface area contributed by atoms with Gasteiger partial charge in [0.15, 0.2) is 6.61 Å². The highest BCUT2D eigenvalue weighted by atomic mass is 32.1. The molecule has 0 spiro atoms. The highest BCUT2D eigenvalue weighted by molar-refractivity contribution is 7.16. The lowest BCUT2D eigenvalue weighted by Crippen LogP contribution is -2.21. The second-order valence-electron chi connectivity index (χ2n) is 5.06. The van der Waals surface area contributed by atoms with Crippen molar-refractivity contribution in [1.82, 2.24) is 0 Å². The molecule has 0 saturated heterocycles. The van der Waals surface area contributed by atoms with E-state index >= 15 is 0 Å². The van der Waals surface area contributed by atoms with Crippen molar-refractivity contribution in [3.8, 4) is 5.75 Å². The number of hydrogen-bond donors (Lipinski definition) is 1. The summed E-state index contributed by atoms with van der Waals surface area (Å²) < 4.78 is 10.5. The molecular formula is C18H21NO4S. The summed E-state index contributed by atoms with van der Waals surface area (Å²) in [7, 11) is 0. The van der Waals surface area contributed by atoms with Crippen LogP contribution >= 0.6 is 11.3 Å². The smallest absolute Gasteiger partial charge is 0.341 e. The number of anilines is 1. The number of carbonyl (C=O) groups is 2. The Morgan fingerprint density at radius 2 is 1.88 bits per heavy atom. The maximum atomic E-state index is 12.2. The van der Waals surface area contributed by atoms with Crippen molar-refractivity contribution < 1.29 is 19.1 Å². The van der Waals surface area contributed by atoms with Crippen molar-refractivity contribution in [3.05, 3.63) is 46.3 Å². The summed E-state index contributed by atoms with van der Waals surface area (Å²) >= 11 is 1.38. The van der Waals surface area contributed by atoms with E-state index in [0.717, 1.165) is 10.4 Å². The quantitative estimate of drug-likeness (QED) is 0.774. The molecule has 0 aliphatic carbocycles. The van der Waals surface area contributed by atoms with Gasteiger partial charge in [-0.3, -0.25) is 4.79 Å². The predicted molar refractivity (Wildman–Crippen MR) is 95.0 cm³/mol. The summed E-state index contributed by atoms with van der Waals surface area (Å²) in [6.45, 7) is 5.84. The molecule has 0 unspecified atom stereocenters. The van der Waals surface area contributed by atoms with Crippen LogP contribution in [-0.2, 0) is 16.0 Å². The van der Waals surface area contributed by atoms with Gasteiger partial charge in [-0.2, -0.15) is 0 Å². The second kappa shape index (κ2) is 8.49. The third-order valence-electron chi connectivity index (χ3n) is 3.41. The Morgan fingerprint density at radius 1 is 1.17 bits per heavy atom. The van der Waals surface area contributed by atoms with Crippen LogP contribution in [0.4, 0.5) is 5.00 Å². The number of rotatable bonds is 7. The Morgan fingerprint density at radius 3 is 2.50 bits per heavy atom. The summed E-state index contributed by atoms with van der Waals surface area (Å²) in [6, 6.07) is 9.10. The van der Waals surface area contributed by atoms with E-state index in [0.29, 0.717) is 29.3 Å². The van der Waals surface area contributed by atoms with Crippen LogP contribution in [0.15, 0.2) is 30.3 Å². The average molecular weight is 347 g/mol. The summed E-state index contributed by atoms with van der Waals surface area (Å²) in [5.41, 5.74) is 1.37. The van der Waals surface area contributed by atoms with Crippen molar-refractivity contribution in [2.75, 3.05) is 18.5 Å². The fourth-order valence-electron chi connectivity index (χ4n) is 2.34. The fraction of sp³-hybridized carbons (Fsp3) is 0.333. The maximum Gasteiger partial charge on any atom is 0.341 e. The van der Waals surface area contributed by atoms with Gasteiger partial charge in [0.2, 0.25) is 0 Å². The van der Waals surface area contributed by atoms with Crippen molar-refractivity contribution in [2.24, 2.45) is 0 Å². The zero-order chi connectivity index (χ0) is 17.5. The Balaban J connectivity index is 2.10. The zero-order valence-electron chi connectivity index (χ0n) is 14.0. The summed E-state index contributed by atoms with van der Waals surface area (Å²) in [6.07, 6.45) is 0.701. The van der Waals surface area contributed by atoms with Gasteiger partial charge in [-0.1, -0.05) is 25.1 Å². The highest BCUT2D eigenvalue weighted by Gasteiger charge is 2.23. The van der Waals surface area contributed by atoms with Crippen molar-refractivity contribution in [3.63, 3.8) is 0 Å².